The maximum atomic E-state index is 4.59. The van der Waals surface area contributed by atoms with Crippen molar-refractivity contribution in [3.63, 3.8) is 0 Å². The number of H-pyrrole nitrogens is 1. The highest BCUT2D eigenvalue weighted by Crippen LogP contribution is 2.26. The van der Waals surface area contributed by atoms with E-state index in [1.807, 2.05) is 37.4 Å². The summed E-state index contributed by atoms with van der Waals surface area (Å²) < 4.78 is 0. The zero-order chi connectivity index (χ0) is 17.6. The highest BCUT2D eigenvalue weighted by molar-refractivity contribution is 7.98. The molecule has 0 atom stereocenters. The molecule has 0 aliphatic heterocycles. The van der Waals surface area contributed by atoms with E-state index >= 15 is 0 Å². The first kappa shape index (κ1) is 17.2. The lowest BCUT2D eigenvalue weighted by molar-refractivity contribution is 0.971. The Morgan fingerprint density at radius 1 is 1.24 bits per heavy atom. The van der Waals surface area contributed by atoms with E-state index in [-0.39, 0.29) is 0 Å². The molecule has 1 N–H and O–H groups in total. The fourth-order valence-corrected chi connectivity index (χ4v) is 3.06. The minimum Gasteiger partial charge on any atom is -0.349 e. The fourth-order valence-electron chi connectivity index (χ4n) is 2.34. The highest BCUT2D eigenvalue weighted by Gasteiger charge is 2.09. The third-order valence-corrected chi connectivity index (χ3v) is 4.81. The molecular weight excluding hydrogens is 330 g/mol. The Kier molecular flexibility index (Phi) is 5.50. The van der Waals surface area contributed by atoms with Gasteiger partial charge in [-0.15, -0.1) is 5.10 Å². The first-order valence-corrected chi connectivity index (χ1v) is 9.13. The molecule has 6 heteroatoms. The van der Waals surface area contributed by atoms with E-state index in [4.69, 9.17) is 0 Å². The van der Waals surface area contributed by atoms with Crippen LogP contribution in [0.1, 0.15) is 19.0 Å². The van der Waals surface area contributed by atoms with Gasteiger partial charge in [-0.1, -0.05) is 43.5 Å². The number of anilines is 1. The number of aromatic amines is 1. The van der Waals surface area contributed by atoms with Gasteiger partial charge < -0.3 is 4.90 Å². The van der Waals surface area contributed by atoms with Crippen LogP contribution in [-0.2, 0) is 5.75 Å². The molecule has 0 saturated carbocycles. The normalized spacial score (nSPS) is 10.6. The predicted octanol–water partition coefficient (Wildman–Crippen LogP) is 4.52. The van der Waals surface area contributed by atoms with Crippen LogP contribution in [0.3, 0.4) is 0 Å². The fraction of sp³-hybridized carbons (Fsp3) is 0.211. The smallest absolute Gasteiger partial charge is 0.209 e. The molecule has 0 amide bonds. The van der Waals surface area contributed by atoms with Gasteiger partial charge in [-0.2, -0.15) is 0 Å². The molecule has 2 heterocycles. The SMILES string of the molecule is C=C(CC)N(C)c1cccc(-c2nc(SCc3ccccn3)n[nH]2)c1. The van der Waals surface area contributed by atoms with Crippen molar-refractivity contribution in [2.24, 2.45) is 0 Å². The Morgan fingerprint density at radius 2 is 2.12 bits per heavy atom. The molecule has 3 rings (SSSR count). The zero-order valence-corrected chi connectivity index (χ0v) is 15.3. The van der Waals surface area contributed by atoms with E-state index in [2.05, 4.69) is 50.7 Å². The van der Waals surface area contributed by atoms with E-state index in [1.165, 1.54) is 0 Å². The van der Waals surface area contributed by atoms with Crippen LogP contribution in [0.4, 0.5) is 5.69 Å². The first-order chi connectivity index (χ1) is 12.2. The van der Waals surface area contributed by atoms with Crippen molar-refractivity contribution in [3.8, 4) is 11.4 Å². The number of nitrogens with one attached hydrogen (secondary N) is 1. The molecule has 0 saturated heterocycles. The van der Waals surface area contributed by atoms with Crippen LogP contribution in [0.15, 0.2) is 66.1 Å². The molecule has 2 aromatic heterocycles. The maximum Gasteiger partial charge on any atom is 0.209 e. The van der Waals surface area contributed by atoms with Crippen LogP contribution in [0.25, 0.3) is 11.4 Å². The van der Waals surface area contributed by atoms with Crippen molar-refractivity contribution in [2.45, 2.75) is 24.3 Å². The predicted molar refractivity (Wildman–Crippen MR) is 103 cm³/mol. The average molecular weight is 351 g/mol. The minimum atomic E-state index is 0.720. The molecule has 25 heavy (non-hydrogen) atoms. The summed E-state index contributed by atoms with van der Waals surface area (Å²) in [6, 6.07) is 14.1. The Labute approximate surface area is 152 Å². The standard InChI is InChI=1S/C19H21N5S/c1-4-14(2)24(3)17-10-7-8-15(12-17)18-21-19(23-22-18)25-13-16-9-5-6-11-20-16/h5-12H,2,4,13H2,1,3H3,(H,21,22,23). The number of aromatic nitrogens is 4. The summed E-state index contributed by atoms with van der Waals surface area (Å²) in [4.78, 5) is 11.0. The summed E-state index contributed by atoms with van der Waals surface area (Å²) in [7, 11) is 2.03. The third kappa shape index (κ3) is 4.28. The number of hydrogen-bond acceptors (Lipinski definition) is 5. The van der Waals surface area contributed by atoms with Crippen LogP contribution in [0, 0.1) is 0 Å². The second-order valence-corrected chi connectivity index (χ2v) is 6.55. The lowest BCUT2D eigenvalue weighted by Gasteiger charge is -2.21. The Balaban J connectivity index is 1.72. The number of hydrogen-bond donors (Lipinski definition) is 1. The molecule has 0 unspecified atom stereocenters. The van der Waals surface area contributed by atoms with Crippen molar-refractivity contribution < 1.29 is 0 Å². The van der Waals surface area contributed by atoms with Gasteiger partial charge in [-0.05, 0) is 30.7 Å². The van der Waals surface area contributed by atoms with Crippen LogP contribution >= 0.6 is 11.8 Å². The number of rotatable bonds is 7. The van der Waals surface area contributed by atoms with Gasteiger partial charge in [0.15, 0.2) is 5.82 Å². The molecule has 1 aromatic carbocycles. The van der Waals surface area contributed by atoms with E-state index < -0.39 is 0 Å². The number of benzene rings is 1. The van der Waals surface area contributed by atoms with E-state index in [1.54, 1.807) is 18.0 Å². The Hall–Kier alpha value is -2.60. The minimum absolute atomic E-state index is 0.720. The van der Waals surface area contributed by atoms with Crippen molar-refractivity contribution in [3.05, 3.63) is 66.6 Å². The van der Waals surface area contributed by atoms with Gasteiger partial charge in [0.05, 0.1) is 5.69 Å². The van der Waals surface area contributed by atoms with Gasteiger partial charge >= 0.3 is 0 Å². The molecule has 0 bridgehead atoms. The summed E-state index contributed by atoms with van der Waals surface area (Å²) >= 11 is 1.57. The molecule has 0 fully saturated rings. The summed E-state index contributed by atoms with van der Waals surface area (Å²) in [5.41, 5.74) is 4.18. The van der Waals surface area contributed by atoms with Crippen LogP contribution in [0.2, 0.25) is 0 Å². The number of nitrogens with zero attached hydrogens (tertiary/aromatic N) is 4. The van der Waals surface area contributed by atoms with Gasteiger partial charge in [0.2, 0.25) is 5.16 Å². The van der Waals surface area contributed by atoms with Gasteiger partial charge in [0.25, 0.3) is 0 Å². The van der Waals surface area contributed by atoms with Gasteiger partial charge in [0, 0.05) is 35.9 Å². The van der Waals surface area contributed by atoms with E-state index in [0.717, 1.165) is 45.8 Å². The summed E-state index contributed by atoms with van der Waals surface area (Å²) in [6.07, 6.45) is 2.71. The highest BCUT2D eigenvalue weighted by atomic mass is 32.2. The Morgan fingerprint density at radius 3 is 2.88 bits per heavy atom. The molecule has 0 spiro atoms. The first-order valence-electron chi connectivity index (χ1n) is 8.14. The molecular formula is C19H21N5S. The molecule has 128 valence electrons. The average Bonchev–Trinajstić information content (AvgIpc) is 3.15. The van der Waals surface area contributed by atoms with Crippen molar-refractivity contribution >= 4 is 17.4 Å². The third-order valence-electron chi connectivity index (χ3n) is 3.93. The lowest BCUT2D eigenvalue weighted by Crippen LogP contribution is -2.14. The number of pyridine rings is 1. The summed E-state index contributed by atoms with van der Waals surface area (Å²) in [6.45, 7) is 6.19. The van der Waals surface area contributed by atoms with Crippen LogP contribution in [-0.4, -0.2) is 27.2 Å². The molecule has 5 nitrogen and oxygen atoms in total. The van der Waals surface area contributed by atoms with Gasteiger partial charge in [-0.25, -0.2) is 4.98 Å². The van der Waals surface area contributed by atoms with Crippen molar-refractivity contribution in [2.75, 3.05) is 11.9 Å². The monoisotopic (exact) mass is 351 g/mol. The van der Waals surface area contributed by atoms with Gasteiger partial charge in [0.1, 0.15) is 0 Å². The zero-order valence-electron chi connectivity index (χ0n) is 14.4. The second kappa shape index (κ2) is 7.98. The summed E-state index contributed by atoms with van der Waals surface area (Å²) in [5, 5.41) is 8.05. The number of thioether (sulfide) groups is 1. The molecule has 0 aliphatic carbocycles. The molecule has 0 radical (unpaired) electrons. The maximum absolute atomic E-state index is 4.59. The van der Waals surface area contributed by atoms with Crippen LogP contribution < -0.4 is 4.90 Å². The topological polar surface area (TPSA) is 57.7 Å². The van der Waals surface area contributed by atoms with Crippen LogP contribution in [0.5, 0.6) is 0 Å². The van der Waals surface area contributed by atoms with E-state index in [9.17, 15) is 0 Å². The largest absolute Gasteiger partial charge is 0.349 e. The van der Waals surface area contributed by atoms with E-state index in [0.29, 0.717) is 0 Å². The number of allylic oxidation sites excluding steroid dienone is 1. The lowest BCUT2D eigenvalue weighted by atomic mass is 10.1. The van der Waals surface area contributed by atoms with Crippen molar-refractivity contribution in [1.82, 2.24) is 20.2 Å². The van der Waals surface area contributed by atoms with Gasteiger partial charge in [-0.3, -0.25) is 10.1 Å². The van der Waals surface area contributed by atoms with Crippen molar-refractivity contribution in [1.29, 1.82) is 0 Å². The Bertz CT molecular complexity index is 844. The quantitative estimate of drug-likeness (QED) is 0.634. The summed E-state index contributed by atoms with van der Waals surface area (Å²) in [5.74, 6) is 1.51. The molecule has 3 aromatic rings. The second-order valence-electron chi connectivity index (χ2n) is 5.61. The molecule has 0 aliphatic rings.